The van der Waals surface area contributed by atoms with Crippen LogP contribution in [-0.4, -0.2) is 42.0 Å². The number of benzene rings is 1. The highest BCUT2D eigenvalue weighted by Crippen LogP contribution is 2.31. The summed E-state index contributed by atoms with van der Waals surface area (Å²) in [6, 6.07) is 5.85. The van der Waals surface area contributed by atoms with Gasteiger partial charge in [-0.25, -0.2) is 9.97 Å². The summed E-state index contributed by atoms with van der Waals surface area (Å²) in [6.45, 7) is 3.04. The summed E-state index contributed by atoms with van der Waals surface area (Å²) in [7, 11) is 1.83. The smallest absolute Gasteiger partial charge is 0.261 e. The monoisotopic (exact) mass is 390 g/mol. The lowest BCUT2D eigenvalue weighted by molar-refractivity contribution is 0.309. The van der Waals surface area contributed by atoms with E-state index in [1.54, 1.807) is 16.9 Å². The molecule has 8 heteroatoms. The SMILES string of the molecule is C[C@@H]1C[C@H](n2ccc3nc(-c4cc5cn(C)nc5cc4O)ncc3c2=O)CCN1. The molecular formula is C21H22N6O2. The molecule has 0 unspecified atom stereocenters. The first-order valence-corrected chi connectivity index (χ1v) is 9.77. The molecule has 29 heavy (non-hydrogen) atoms. The van der Waals surface area contributed by atoms with E-state index in [-0.39, 0.29) is 17.4 Å². The predicted octanol–water partition coefficient (Wildman–Crippen LogP) is 2.36. The molecule has 0 aliphatic carbocycles. The summed E-state index contributed by atoms with van der Waals surface area (Å²) in [4.78, 5) is 22.0. The van der Waals surface area contributed by atoms with Crippen LogP contribution in [0.15, 0.2) is 41.6 Å². The number of aryl methyl sites for hydroxylation is 1. The molecule has 1 aliphatic rings. The number of nitrogens with zero attached hydrogens (tertiary/aromatic N) is 5. The molecule has 4 heterocycles. The first kappa shape index (κ1) is 17.8. The van der Waals surface area contributed by atoms with Crippen molar-refractivity contribution in [1.29, 1.82) is 0 Å². The first-order chi connectivity index (χ1) is 14.0. The van der Waals surface area contributed by atoms with Gasteiger partial charge in [0.15, 0.2) is 5.82 Å². The van der Waals surface area contributed by atoms with Crippen LogP contribution in [0.2, 0.25) is 0 Å². The third-order valence-electron chi connectivity index (χ3n) is 5.64. The van der Waals surface area contributed by atoms with Crippen LogP contribution in [0.25, 0.3) is 33.2 Å². The van der Waals surface area contributed by atoms with E-state index in [4.69, 9.17) is 0 Å². The number of piperidine rings is 1. The molecule has 0 radical (unpaired) electrons. The van der Waals surface area contributed by atoms with Crippen molar-refractivity contribution in [2.45, 2.75) is 31.8 Å². The number of hydrogen-bond acceptors (Lipinski definition) is 6. The Hall–Kier alpha value is -3.26. The molecule has 148 valence electrons. The average Bonchev–Trinajstić information content (AvgIpc) is 3.06. The lowest BCUT2D eigenvalue weighted by atomic mass is 10.00. The van der Waals surface area contributed by atoms with Crippen molar-refractivity contribution in [3.05, 3.63) is 47.1 Å². The van der Waals surface area contributed by atoms with Gasteiger partial charge in [0.25, 0.3) is 5.56 Å². The lowest BCUT2D eigenvalue weighted by Gasteiger charge is -2.29. The summed E-state index contributed by atoms with van der Waals surface area (Å²) < 4.78 is 3.50. The molecule has 2 atom stereocenters. The van der Waals surface area contributed by atoms with Gasteiger partial charge in [-0.1, -0.05) is 0 Å². The van der Waals surface area contributed by atoms with Crippen LogP contribution in [0.4, 0.5) is 0 Å². The molecule has 1 aliphatic heterocycles. The van der Waals surface area contributed by atoms with Gasteiger partial charge in [-0.05, 0) is 38.4 Å². The Labute approximate surface area is 166 Å². The van der Waals surface area contributed by atoms with Gasteiger partial charge in [0.1, 0.15) is 5.75 Å². The topological polar surface area (TPSA) is 97.9 Å². The van der Waals surface area contributed by atoms with Gasteiger partial charge >= 0.3 is 0 Å². The number of phenolic OH excluding ortho intramolecular Hbond substituents is 1. The quantitative estimate of drug-likeness (QED) is 0.545. The summed E-state index contributed by atoms with van der Waals surface area (Å²) in [5.41, 5.74) is 1.72. The minimum absolute atomic E-state index is 0.0626. The summed E-state index contributed by atoms with van der Waals surface area (Å²) >= 11 is 0. The molecule has 0 spiro atoms. The van der Waals surface area contributed by atoms with E-state index in [0.717, 1.165) is 24.8 Å². The first-order valence-electron chi connectivity index (χ1n) is 9.77. The van der Waals surface area contributed by atoms with Crippen LogP contribution in [-0.2, 0) is 7.05 Å². The second kappa shape index (κ2) is 6.66. The normalized spacial score (nSPS) is 19.8. The van der Waals surface area contributed by atoms with Crippen LogP contribution in [0.1, 0.15) is 25.8 Å². The number of aromatic nitrogens is 5. The zero-order chi connectivity index (χ0) is 20.1. The third-order valence-corrected chi connectivity index (χ3v) is 5.64. The predicted molar refractivity (Wildman–Crippen MR) is 111 cm³/mol. The number of pyridine rings is 1. The van der Waals surface area contributed by atoms with Crippen LogP contribution in [0, 0.1) is 0 Å². The Balaban J connectivity index is 1.58. The van der Waals surface area contributed by atoms with E-state index in [2.05, 4.69) is 27.3 Å². The van der Waals surface area contributed by atoms with Crippen molar-refractivity contribution < 1.29 is 5.11 Å². The van der Waals surface area contributed by atoms with Gasteiger partial charge in [0, 0.05) is 49.2 Å². The molecule has 1 fully saturated rings. The fourth-order valence-corrected chi connectivity index (χ4v) is 4.18. The fraction of sp³-hybridized carbons (Fsp3) is 0.333. The van der Waals surface area contributed by atoms with Crippen molar-refractivity contribution in [2.75, 3.05) is 6.54 Å². The summed E-state index contributed by atoms with van der Waals surface area (Å²) in [6.07, 6.45) is 7.11. The molecule has 0 saturated carbocycles. The Bertz CT molecular complexity index is 1290. The van der Waals surface area contributed by atoms with E-state index >= 15 is 0 Å². The maximum Gasteiger partial charge on any atom is 0.261 e. The number of hydrogen-bond donors (Lipinski definition) is 2. The molecule has 1 saturated heterocycles. The van der Waals surface area contributed by atoms with Gasteiger partial charge in [0.2, 0.25) is 0 Å². The molecule has 3 aromatic heterocycles. The van der Waals surface area contributed by atoms with Gasteiger partial charge in [-0.3, -0.25) is 9.48 Å². The van der Waals surface area contributed by atoms with Crippen molar-refractivity contribution >= 4 is 21.8 Å². The van der Waals surface area contributed by atoms with Gasteiger partial charge in [0.05, 0.1) is 22.0 Å². The zero-order valence-corrected chi connectivity index (χ0v) is 16.3. The highest BCUT2D eigenvalue weighted by Gasteiger charge is 2.21. The Morgan fingerprint density at radius 1 is 1.28 bits per heavy atom. The molecule has 8 nitrogen and oxygen atoms in total. The molecular weight excluding hydrogens is 368 g/mol. The number of aromatic hydroxyl groups is 1. The van der Waals surface area contributed by atoms with Crippen LogP contribution >= 0.6 is 0 Å². The molecule has 0 amide bonds. The van der Waals surface area contributed by atoms with Crippen molar-refractivity contribution in [3.8, 4) is 17.1 Å². The minimum Gasteiger partial charge on any atom is -0.507 e. The van der Waals surface area contributed by atoms with E-state index in [1.807, 2.05) is 36.1 Å². The Kier molecular flexibility index (Phi) is 4.09. The molecule has 5 rings (SSSR count). The van der Waals surface area contributed by atoms with Crippen molar-refractivity contribution in [2.24, 2.45) is 7.05 Å². The zero-order valence-electron chi connectivity index (χ0n) is 16.3. The van der Waals surface area contributed by atoms with E-state index in [0.29, 0.717) is 33.8 Å². The van der Waals surface area contributed by atoms with Crippen LogP contribution in [0.5, 0.6) is 5.75 Å². The standard InChI is InChI=1S/C21H22N6O2/c1-12-7-14(3-5-22-12)27-6-4-17-16(21(27)29)10-23-20(24-17)15-8-13-11-26(2)25-18(13)9-19(15)28/h4,6,8-12,14,22,28H,3,5,7H2,1-2H3/t12-,14-/m1/s1. The molecule has 0 bridgehead atoms. The van der Waals surface area contributed by atoms with Gasteiger partial charge in [-0.15, -0.1) is 0 Å². The highest BCUT2D eigenvalue weighted by atomic mass is 16.3. The van der Waals surface area contributed by atoms with E-state index in [9.17, 15) is 9.90 Å². The van der Waals surface area contributed by atoms with Crippen LogP contribution in [0.3, 0.4) is 0 Å². The third kappa shape index (κ3) is 3.05. The largest absolute Gasteiger partial charge is 0.507 e. The minimum atomic E-state index is -0.0694. The number of rotatable bonds is 2. The van der Waals surface area contributed by atoms with Crippen molar-refractivity contribution in [3.63, 3.8) is 0 Å². The maximum atomic E-state index is 13.0. The highest BCUT2D eigenvalue weighted by molar-refractivity contribution is 5.87. The Morgan fingerprint density at radius 3 is 2.97 bits per heavy atom. The summed E-state index contributed by atoms with van der Waals surface area (Å²) in [5, 5.41) is 19.5. The average molecular weight is 390 g/mol. The fourth-order valence-electron chi connectivity index (χ4n) is 4.18. The number of phenols is 1. The van der Waals surface area contributed by atoms with Crippen molar-refractivity contribution in [1.82, 2.24) is 29.6 Å². The molecule has 4 aromatic rings. The Morgan fingerprint density at radius 2 is 2.14 bits per heavy atom. The van der Waals surface area contributed by atoms with E-state index in [1.165, 1.54) is 0 Å². The van der Waals surface area contributed by atoms with Gasteiger partial charge in [-0.2, -0.15) is 5.10 Å². The maximum absolute atomic E-state index is 13.0. The second-order valence-electron chi connectivity index (χ2n) is 7.78. The molecule has 2 N–H and O–H groups in total. The summed E-state index contributed by atoms with van der Waals surface area (Å²) in [5.74, 6) is 0.445. The van der Waals surface area contributed by atoms with E-state index < -0.39 is 0 Å². The lowest BCUT2D eigenvalue weighted by Crippen LogP contribution is -2.39. The van der Waals surface area contributed by atoms with Gasteiger partial charge < -0.3 is 15.0 Å². The number of nitrogens with one attached hydrogen (secondary N) is 1. The number of fused-ring (bicyclic) bond motifs is 2. The molecule has 1 aromatic carbocycles. The second-order valence-corrected chi connectivity index (χ2v) is 7.78. The van der Waals surface area contributed by atoms with Crippen LogP contribution < -0.4 is 10.9 Å².